The van der Waals surface area contributed by atoms with Crippen molar-refractivity contribution in [1.29, 1.82) is 0 Å². The molecule has 0 unspecified atom stereocenters. The highest BCUT2D eigenvalue weighted by Gasteiger charge is 2.27. The summed E-state index contributed by atoms with van der Waals surface area (Å²) in [6.45, 7) is 3.25. The average molecular weight is 312 g/mol. The molecule has 1 aliphatic heterocycles. The molecule has 1 aliphatic rings. The summed E-state index contributed by atoms with van der Waals surface area (Å²) in [7, 11) is 0. The molecule has 0 spiro atoms. The largest absolute Gasteiger partial charge is 0.297 e. The number of H-pyrrole nitrogens is 1. The van der Waals surface area contributed by atoms with E-state index in [0.29, 0.717) is 0 Å². The lowest BCUT2D eigenvalue weighted by molar-refractivity contribution is 0.0916. The highest BCUT2D eigenvalue weighted by atomic mass is 35.5. The number of aromatic nitrogens is 2. The molecular weight excluding hydrogens is 294 g/mol. The number of nitrogens with zero attached hydrogens (tertiary/aromatic N) is 2. The second-order valence-corrected chi connectivity index (χ2v) is 6.55. The van der Waals surface area contributed by atoms with E-state index in [1.165, 1.54) is 16.6 Å². The number of para-hydroxylation sites is 1. The Hall–Kier alpha value is -1.84. The molecular formula is C18H18ClN3. The number of benzene rings is 2. The maximum Gasteiger partial charge on any atom is 0.0924 e. The van der Waals surface area contributed by atoms with E-state index in [0.717, 1.165) is 42.5 Å². The average Bonchev–Trinajstić information content (AvgIpc) is 2.90. The van der Waals surface area contributed by atoms with Crippen LogP contribution < -0.4 is 0 Å². The summed E-state index contributed by atoms with van der Waals surface area (Å²) < 4.78 is 0. The minimum atomic E-state index is 0.746. The molecule has 2 aromatic carbocycles. The molecule has 0 aliphatic carbocycles. The van der Waals surface area contributed by atoms with Gasteiger partial charge in [0.15, 0.2) is 0 Å². The smallest absolute Gasteiger partial charge is 0.0924 e. The van der Waals surface area contributed by atoms with E-state index in [2.05, 4.69) is 45.4 Å². The van der Waals surface area contributed by atoms with Crippen molar-refractivity contribution in [2.24, 2.45) is 5.92 Å². The van der Waals surface area contributed by atoms with E-state index in [-0.39, 0.29) is 0 Å². The molecule has 0 amide bonds. The minimum absolute atomic E-state index is 0.746. The fourth-order valence-corrected chi connectivity index (χ4v) is 3.37. The van der Waals surface area contributed by atoms with E-state index >= 15 is 0 Å². The molecule has 0 atom stereocenters. The van der Waals surface area contributed by atoms with E-state index < -0.39 is 0 Å². The van der Waals surface area contributed by atoms with E-state index in [9.17, 15) is 0 Å². The molecule has 0 radical (unpaired) electrons. The minimum Gasteiger partial charge on any atom is -0.297 e. The molecule has 4 rings (SSSR count). The highest BCUT2D eigenvalue weighted by Crippen LogP contribution is 2.25. The zero-order valence-electron chi connectivity index (χ0n) is 12.3. The van der Waals surface area contributed by atoms with Gasteiger partial charge in [0, 0.05) is 30.0 Å². The van der Waals surface area contributed by atoms with Crippen LogP contribution in [-0.4, -0.2) is 28.2 Å². The lowest BCUT2D eigenvalue weighted by Crippen LogP contribution is -2.46. The highest BCUT2D eigenvalue weighted by molar-refractivity contribution is 6.30. The Bertz CT molecular complexity index is 772. The summed E-state index contributed by atoms with van der Waals surface area (Å²) in [6, 6.07) is 16.5. The number of fused-ring (bicyclic) bond motifs is 1. The number of nitrogens with one attached hydrogen (secondary N) is 1. The monoisotopic (exact) mass is 311 g/mol. The van der Waals surface area contributed by atoms with Gasteiger partial charge in [-0.1, -0.05) is 41.9 Å². The second kappa shape index (κ2) is 5.75. The Morgan fingerprint density at radius 1 is 1.09 bits per heavy atom. The molecule has 1 N–H and O–H groups in total. The number of hydrogen-bond donors (Lipinski definition) is 1. The molecule has 22 heavy (non-hydrogen) atoms. The fourth-order valence-electron chi connectivity index (χ4n) is 3.25. The van der Waals surface area contributed by atoms with Gasteiger partial charge in [-0.2, -0.15) is 5.10 Å². The molecule has 1 fully saturated rings. The maximum atomic E-state index is 5.93. The van der Waals surface area contributed by atoms with E-state index in [1.807, 2.05) is 18.2 Å². The van der Waals surface area contributed by atoms with Crippen molar-refractivity contribution >= 4 is 22.5 Å². The van der Waals surface area contributed by atoms with Gasteiger partial charge in [-0.3, -0.25) is 10.00 Å². The van der Waals surface area contributed by atoms with Crippen molar-refractivity contribution in [3.05, 3.63) is 64.8 Å². The van der Waals surface area contributed by atoms with Gasteiger partial charge in [-0.25, -0.2) is 0 Å². The summed E-state index contributed by atoms with van der Waals surface area (Å²) in [4.78, 5) is 2.47. The zero-order valence-corrected chi connectivity index (χ0v) is 13.1. The van der Waals surface area contributed by atoms with Gasteiger partial charge >= 0.3 is 0 Å². The third-order valence-electron chi connectivity index (χ3n) is 4.39. The van der Waals surface area contributed by atoms with E-state index in [4.69, 9.17) is 11.6 Å². The third-order valence-corrected chi connectivity index (χ3v) is 4.64. The summed E-state index contributed by atoms with van der Waals surface area (Å²) in [6.07, 6.45) is 1.14. The first-order valence-corrected chi connectivity index (χ1v) is 8.04. The summed E-state index contributed by atoms with van der Waals surface area (Å²) in [5.41, 5.74) is 3.65. The van der Waals surface area contributed by atoms with Crippen LogP contribution in [0.2, 0.25) is 5.02 Å². The SMILES string of the molecule is Clc1ccc(CC2CN(Cc3[nH]nc4ccccc34)C2)cc1. The van der Waals surface area contributed by atoms with Crippen LogP contribution in [0.4, 0.5) is 0 Å². The molecule has 3 aromatic rings. The van der Waals surface area contributed by atoms with Crippen LogP contribution in [0.15, 0.2) is 48.5 Å². The van der Waals surface area contributed by atoms with Crippen LogP contribution in [0.1, 0.15) is 11.3 Å². The lowest BCUT2D eigenvalue weighted by Gasteiger charge is -2.39. The molecule has 0 bridgehead atoms. The predicted molar refractivity (Wildman–Crippen MR) is 90.0 cm³/mol. The van der Waals surface area contributed by atoms with Crippen LogP contribution in [0.3, 0.4) is 0 Å². The van der Waals surface area contributed by atoms with E-state index in [1.54, 1.807) is 0 Å². The van der Waals surface area contributed by atoms with Gasteiger partial charge < -0.3 is 0 Å². The molecule has 0 saturated carbocycles. The number of aromatic amines is 1. The standard InChI is InChI=1S/C18H18ClN3/c19-15-7-5-13(6-8-15)9-14-10-22(11-14)12-18-16-3-1-2-4-17(16)20-21-18/h1-8,14H,9-12H2,(H,20,21). The van der Waals surface area contributed by atoms with Crippen molar-refractivity contribution in [1.82, 2.24) is 15.1 Å². The van der Waals surface area contributed by atoms with Crippen molar-refractivity contribution in [2.45, 2.75) is 13.0 Å². The Morgan fingerprint density at radius 2 is 1.86 bits per heavy atom. The molecule has 4 heteroatoms. The van der Waals surface area contributed by atoms with Crippen molar-refractivity contribution < 1.29 is 0 Å². The predicted octanol–water partition coefficient (Wildman–Crippen LogP) is 3.89. The van der Waals surface area contributed by atoms with Crippen LogP contribution in [0.25, 0.3) is 10.9 Å². The molecule has 2 heterocycles. The Balaban J connectivity index is 1.35. The topological polar surface area (TPSA) is 31.9 Å². The Kier molecular flexibility index (Phi) is 3.60. The summed E-state index contributed by atoms with van der Waals surface area (Å²) >= 11 is 5.93. The Morgan fingerprint density at radius 3 is 2.68 bits per heavy atom. The number of rotatable bonds is 4. The zero-order chi connectivity index (χ0) is 14.9. The normalized spacial score (nSPS) is 16.0. The van der Waals surface area contributed by atoms with Crippen molar-refractivity contribution in [3.63, 3.8) is 0 Å². The van der Waals surface area contributed by atoms with Crippen molar-refractivity contribution in [2.75, 3.05) is 13.1 Å². The lowest BCUT2D eigenvalue weighted by atomic mass is 9.92. The van der Waals surface area contributed by atoms with Gasteiger partial charge in [0.05, 0.1) is 11.2 Å². The van der Waals surface area contributed by atoms with Gasteiger partial charge in [0.1, 0.15) is 0 Å². The molecule has 1 saturated heterocycles. The summed E-state index contributed by atoms with van der Waals surface area (Å²) in [5.74, 6) is 0.746. The van der Waals surface area contributed by atoms with Crippen LogP contribution in [-0.2, 0) is 13.0 Å². The summed E-state index contributed by atoms with van der Waals surface area (Å²) in [5, 5.41) is 9.59. The van der Waals surface area contributed by atoms with Gasteiger partial charge in [-0.05, 0) is 36.1 Å². The second-order valence-electron chi connectivity index (χ2n) is 6.11. The number of likely N-dealkylation sites (tertiary alicyclic amines) is 1. The molecule has 3 nitrogen and oxygen atoms in total. The fraction of sp³-hybridized carbons (Fsp3) is 0.278. The van der Waals surface area contributed by atoms with Crippen molar-refractivity contribution in [3.8, 4) is 0 Å². The van der Waals surface area contributed by atoms with Gasteiger partial charge in [0.2, 0.25) is 0 Å². The van der Waals surface area contributed by atoms with Gasteiger partial charge in [0.25, 0.3) is 0 Å². The first kappa shape index (κ1) is 13.8. The van der Waals surface area contributed by atoms with Crippen LogP contribution in [0.5, 0.6) is 0 Å². The van der Waals surface area contributed by atoms with Gasteiger partial charge in [-0.15, -0.1) is 0 Å². The molecule has 1 aromatic heterocycles. The first-order valence-electron chi connectivity index (χ1n) is 7.67. The maximum absolute atomic E-state index is 5.93. The van der Waals surface area contributed by atoms with Crippen LogP contribution >= 0.6 is 11.6 Å². The Labute approximate surface area is 134 Å². The third kappa shape index (κ3) is 2.74. The molecule has 112 valence electrons. The number of halogens is 1. The van der Waals surface area contributed by atoms with Crippen LogP contribution in [0, 0.1) is 5.92 Å². The first-order chi connectivity index (χ1) is 10.8. The number of hydrogen-bond acceptors (Lipinski definition) is 2. The quantitative estimate of drug-likeness (QED) is 0.792.